The van der Waals surface area contributed by atoms with Gasteiger partial charge < -0.3 is 10.1 Å². The van der Waals surface area contributed by atoms with E-state index in [9.17, 15) is 8.78 Å². The second-order valence-electron chi connectivity index (χ2n) is 3.89. The molecule has 2 rings (SSSR count). The van der Waals surface area contributed by atoms with Gasteiger partial charge in [0, 0.05) is 17.1 Å². The Bertz CT molecular complexity index is 363. The molecule has 0 radical (unpaired) electrons. The van der Waals surface area contributed by atoms with Crippen molar-refractivity contribution in [3.63, 3.8) is 0 Å². The van der Waals surface area contributed by atoms with E-state index in [1.54, 1.807) is 18.8 Å². The number of likely N-dealkylation sites (N-methyl/N-ethyl adjacent to an activating group) is 1. The van der Waals surface area contributed by atoms with Crippen LogP contribution in [0.2, 0.25) is 0 Å². The number of halogens is 2. The number of ether oxygens (including phenoxy) is 1. The molecule has 1 heterocycles. The molecule has 0 amide bonds. The summed E-state index contributed by atoms with van der Waals surface area (Å²) in [6, 6.07) is 3.48. The quantitative estimate of drug-likeness (QED) is 0.900. The first kappa shape index (κ1) is 12.8. The molecule has 0 bridgehead atoms. The van der Waals surface area contributed by atoms with Crippen LogP contribution in [-0.2, 0) is 4.74 Å². The van der Waals surface area contributed by atoms with Crippen molar-refractivity contribution in [3.05, 3.63) is 35.4 Å². The third-order valence-corrected chi connectivity index (χ3v) is 3.85. The van der Waals surface area contributed by atoms with Gasteiger partial charge in [-0.15, -0.1) is 0 Å². The Morgan fingerprint density at radius 3 is 2.65 bits per heavy atom. The van der Waals surface area contributed by atoms with Crippen LogP contribution in [0, 0.1) is 11.6 Å². The molecular formula is C12H15F2NOS. The number of rotatable bonds is 3. The van der Waals surface area contributed by atoms with Gasteiger partial charge in [0.1, 0.15) is 11.6 Å². The second kappa shape index (κ2) is 5.80. The van der Waals surface area contributed by atoms with Gasteiger partial charge in [-0.1, -0.05) is 6.07 Å². The summed E-state index contributed by atoms with van der Waals surface area (Å²) in [7, 11) is 1.69. The van der Waals surface area contributed by atoms with Crippen molar-refractivity contribution in [2.75, 3.05) is 25.2 Å². The molecule has 0 aromatic heterocycles. The third kappa shape index (κ3) is 2.78. The van der Waals surface area contributed by atoms with E-state index in [1.807, 2.05) is 0 Å². The highest BCUT2D eigenvalue weighted by molar-refractivity contribution is 7.99. The first-order chi connectivity index (χ1) is 8.24. The molecule has 2 unspecified atom stereocenters. The van der Waals surface area contributed by atoms with Crippen LogP contribution in [0.1, 0.15) is 11.6 Å². The maximum Gasteiger partial charge on any atom is 0.131 e. The molecule has 94 valence electrons. The van der Waals surface area contributed by atoms with Gasteiger partial charge in [-0.3, -0.25) is 0 Å². The maximum atomic E-state index is 13.7. The minimum absolute atomic E-state index is 0.0718. The Kier molecular flexibility index (Phi) is 4.36. The summed E-state index contributed by atoms with van der Waals surface area (Å²) in [4.78, 5) is 0. The Balaban J connectivity index is 2.27. The first-order valence-corrected chi connectivity index (χ1v) is 6.70. The van der Waals surface area contributed by atoms with Crippen molar-refractivity contribution in [3.8, 4) is 0 Å². The topological polar surface area (TPSA) is 21.3 Å². The monoisotopic (exact) mass is 259 g/mol. The summed E-state index contributed by atoms with van der Waals surface area (Å²) >= 11 is 1.74. The van der Waals surface area contributed by atoms with Crippen molar-refractivity contribution < 1.29 is 13.5 Å². The largest absolute Gasteiger partial charge is 0.375 e. The highest BCUT2D eigenvalue weighted by Crippen LogP contribution is 2.28. The highest BCUT2D eigenvalue weighted by atomic mass is 32.2. The molecule has 1 aromatic rings. The van der Waals surface area contributed by atoms with Gasteiger partial charge >= 0.3 is 0 Å². The van der Waals surface area contributed by atoms with E-state index in [1.165, 1.54) is 18.2 Å². The predicted octanol–water partition coefficient (Wildman–Crippen LogP) is 2.36. The van der Waals surface area contributed by atoms with E-state index in [2.05, 4.69) is 5.32 Å². The van der Waals surface area contributed by atoms with Gasteiger partial charge in [0.05, 0.1) is 18.8 Å². The zero-order valence-electron chi connectivity index (χ0n) is 9.58. The van der Waals surface area contributed by atoms with Gasteiger partial charge in [0.2, 0.25) is 0 Å². The zero-order chi connectivity index (χ0) is 12.3. The molecule has 1 fully saturated rings. The lowest BCUT2D eigenvalue weighted by atomic mass is 10.0. The molecule has 2 nitrogen and oxygen atoms in total. The molecule has 2 atom stereocenters. The number of nitrogens with one attached hydrogen (secondary N) is 1. The standard InChI is InChI=1S/C12H15F2NOS/c1-15-12(10-7-17-6-5-16-10)11-8(13)3-2-4-9(11)14/h2-4,10,12,15H,5-7H2,1H3. The van der Waals surface area contributed by atoms with Crippen LogP contribution in [0.25, 0.3) is 0 Å². The first-order valence-electron chi connectivity index (χ1n) is 5.54. The second-order valence-corrected chi connectivity index (χ2v) is 5.04. The lowest BCUT2D eigenvalue weighted by molar-refractivity contribution is 0.0469. The van der Waals surface area contributed by atoms with Crippen LogP contribution < -0.4 is 5.32 Å². The molecular weight excluding hydrogens is 244 g/mol. The minimum Gasteiger partial charge on any atom is -0.375 e. The summed E-state index contributed by atoms with van der Waals surface area (Å²) in [5.74, 6) is 0.637. The molecule has 0 aliphatic carbocycles. The molecule has 1 aliphatic heterocycles. The Morgan fingerprint density at radius 1 is 1.41 bits per heavy atom. The fourth-order valence-corrected chi connectivity index (χ4v) is 2.92. The summed E-state index contributed by atoms with van der Waals surface area (Å²) in [6.45, 7) is 0.629. The van der Waals surface area contributed by atoms with Crippen LogP contribution in [0.5, 0.6) is 0 Å². The SMILES string of the molecule is CNC(c1c(F)cccc1F)C1CSCCO1. The van der Waals surface area contributed by atoms with E-state index in [0.29, 0.717) is 6.61 Å². The lowest BCUT2D eigenvalue weighted by Crippen LogP contribution is -2.37. The van der Waals surface area contributed by atoms with E-state index < -0.39 is 17.7 Å². The molecule has 1 aromatic carbocycles. The van der Waals surface area contributed by atoms with Gasteiger partial charge in [0.25, 0.3) is 0 Å². The lowest BCUT2D eigenvalue weighted by Gasteiger charge is -2.30. The molecule has 1 N–H and O–H groups in total. The summed E-state index contributed by atoms with van der Waals surface area (Å²) in [6.07, 6.45) is -0.190. The molecule has 5 heteroatoms. The fourth-order valence-electron chi connectivity index (χ4n) is 2.02. The van der Waals surface area contributed by atoms with E-state index in [4.69, 9.17) is 4.74 Å². The van der Waals surface area contributed by atoms with E-state index >= 15 is 0 Å². The van der Waals surface area contributed by atoms with Crippen molar-refractivity contribution >= 4 is 11.8 Å². The highest BCUT2D eigenvalue weighted by Gasteiger charge is 2.29. The number of benzene rings is 1. The van der Waals surface area contributed by atoms with E-state index in [0.717, 1.165) is 11.5 Å². The van der Waals surface area contributed by atoms with Gasteiger partial charge in [-0.05, 0) is 19.2 Å². The van der Waals surface area contributed by atoms with Crippen LogP contribution in [-0.4, -0.2) is 31.3 Å². The average molecular weight is 259 g/mol. The van der Waals surface area contributed by atoms with E-state index in [-0.39, 0.29) is 11.7 Å². The summed E-state index contributed by atoms with van der Waals surface area (Å²) < 4.78 is 33.0. The van der Waals surface area contributed by atoms with Gasteiger partial charge in [-0.2, -0.15) is 11.8 Å². The normalized spacial score (nSPS) is 22.4. The Morgan fingerprint density at radius 2 is 2.12 bits per heavy atom. The molecule has 0 saturated carbocycles. The molecule has 17 heavy (non-hydrogen) atoms. The summed E-state index contributed by atoms with van der Waals surface area (Å²) in [5, 5.41) is 2.95. The fraction of sp³-hybridized carbons (Fsp3) is 0.500. The van der Waals surface area contributed by atoms with Gasteiger partial charge in [0.15, 0.2) is 0 Å². The Labute approximate surface area is 104 Å². The zero-order valence-corrected chi connectivity index (χ0v) is 10.4. The van der Waals surface area contributed by atoms with Gasteiger partial charge in [-0.25, -0.2) is 8.78 Å². The molecule has 1 saturated heterocycles. The predicted molar refractivity (Wildman–Crippen MR) is 65.2 cm³/mol. The van der Waals surface area contributed by atoms with Crippen molar-refractivity contribution in [2.45, 2.75) is 12.1 Å². The van der Waals surface area contributed by atoms with Crippen LogP contribution in [0.3, 0.4) is 0 Å². The van der Waals surface area contributed by atoms with Crippen LogP contribution in [0.15, 0.2) is 18.2 Å². The van der Waals surface area contributed by atoms with Crippen molar-refractivity contribution in [1.29, 1.82) is 0 Å². The third-order valence-electron chi connectivity index (χ3n) is 2.84. The van der Waals surface area contributed by atoms with Crippen molar-refractivity contribution in [1.82, 2.24) is 5.32 Å². The van der Waals surface area contributed by atoms with Crippen LogP contribution in [0.4, 0.5) is 8.78 Å². The van der Waals surface area contributed by atoms with Crippen LogP contribution >= 0.6 is 11.8 Å². The molecule has 1 aliphatic rings. The number of hydrogen-bond donors (Lipinski definition) is 1. The summed E-state index contributed by atoms with van der Waals surface area (Å²) in [5.41, 5.74) is 0.0718. The van der Waals surface area contributed by atoms with Crippen molar-refractivity contribution in [2.24, 2.45) is 0 Å². The minimum atomic E-state index is -0.525. The number of hydrogen-bond acceptors (Lipinski definition) is 3. The average Bonchev–Trinajstić information content (AvgIpc) is 2.35. The smallest absolute Gasteiger partial charge is 0.131 e. The number of thioether (sulfide) groups is 1. The Hall–Kier alpha value is -0.650. The molecule has 0 spiro atoms. The maximum absolute atomic E-state index is 13.7.